The molecule has 1 atom stereocenters. The molecule has 0 aliphatic carbocycles. The summed E-state index contributed by atoms with van der Waals surface area (Å²) < 4.78 is 27.9. The van der Waals surface area contributed by atoms with Gasteiger partial charge < -0.3 is 28.8 Å². The van der Waals surface area contributed by atoms with Gasteiger partial charge >= 0.3 is 11.9 Å². The number of ether oxygens (including phenoxy) is 5. The third-order valence-corrected chi connectivity index (χ3v) is 7.79. The number of rotatable bonds is 10. The molecule has 2 aliphatic rings. The summed E-state index contributed by atoms with van der Waals surface area (Å²) in [6.07, 6.45) is 1.44. The number of aliphatic hydroxyl groups excluding tert-OH is 1. The third-order valence-electron chi connectivity index (χ3n) is 6.65. The van der Waals surface area contributed by atoms with E-state index in [1.165, 1.54) is 11.0 Å². The Morgan fingerprint density at radius 2 is 1.81 bits per heavy atom. The van der Waals surface area contributed by atoms with Crippen LogP contribution < -0.4 is 23.8 Å². The van der Waals surface area contributed by atoms with Crippen molar-refractivity contribution in [1.29, 1.82) is 0 Å². The normalized spacial score (nSPS) is 17.1. The van der Waals surface area contributed by atoms with Crippen LogP contribution in [-0.4, -0.2) is 60.8 Å². The van der Waals surface area contributed by atoms with E-state index in [0.29, 0.717) is 60.7 Å². The van der Waals surface area contributed by atoms with Crippen LogP contribution in [0.15, 0.2) is 54.6 Å². The van der Waals surface area contributed by atoms with E-state index in [4.69, 9.17) is 23.7 Å². The maximum Gasteiger partial charge on any atom is 0.350 e. The van der Waals surface area contributed by atoms with E-state index in [9.17, 15) is 19.5 Å². The zero-order valence-electron chi connectivity index (χ0n) is 23.9. The van der Waals surface area contributed by atoms with Crippen LogP contribution in [-0.2, 0) is 14.3 Å². The van der Waals surface area contributed by atoms with Crippen molar-refractivity contribution in [2.45, 2.75) is 26.8 Å². The van der Waals surface area contributed by atoms with E-state index in [-0.39, 0.29) is 27.8 Å². The van der Waals surface area contributed by atoms with Gasteiger partial charge in [0.05, 0.1) is 30.5 Å². The number of ketones is 1. The van der Waals surface area contributed by atoms with Crippen LogP contribution in [0.3, 0.4) is 0 Å². The molecule has 2 aliphatic heterocycles. The van der Waals surface area contributed by atoms with Gasteiger partial charge in [-0.3, -0.25) is 14.5 Å². The Morgan fingerprint density at radius 3 is 2.53 bits per heavy atom. The summed E-state index contributed by atoms with van der Waals surface area (Å²) >= 11 is 0.910. The molecule has 224 valence electrons. The maximum absolute atomic E-state index is 13.7. The topological polar surface area (TPSA) is 134 Å². The fourth-order valence-electron chi connectivity index (χ4n) is 4.80. The largest absolute Gasteiger partial charge is 0.507 e. The van der Waals surface area contributed by atoms with Crippen molar-refractivity contribution in [2.24, 2.45) is 0 Å². The number of hydrogen-bond donors (Lipinski definition) is 1. The Morgan fingerprint density at radius 1 is 1.09 bits per heavy atom. The van der Waals surface area contributed by atoms with Gasteiger partial charge in [0.1, 0.15) is 30.5 Å². The van der Waals surface area contributed by atoms with Crippen molar-refractivity contribution in [3.63, 3.8) is 0 Å². The van der Waals surface area contributed by atoms with E-state index in [2.05, 4.69) is 11.6 Å². The fourth-order valence-corrected chi connectivity index (χ4v) is 5.79. The second kappa shape index (κ2) is 12.6. The summed E-state index contributed by atoms with van der Waals surface area (Å²) in [5.41, 5.74) is 0.862. The van der Waals surface area contributed by atoms with E-state index in [1.54, 1.807) is 43.3 Å². The van der Waals surface area contributed by atoms with Crippen LogP contribution in [0.1, 0.15) is 46.4 Å². The molecule has 43 heavy (non-hydrogen) atoms. The van der Waals surface area contributed by atoms with Gasteiger partial charge in [-0.2, -0.15) is 0 Å². The second-order valence-corrected chi connectivity index (χ2v) is 10.4. The number of thiazole rings is 1. The molecule has 1 saturated heterocycles. The number of carbonyl (C=O) groups excluding carboxylic acids is 3. The lowest BCUT2D eigenvalue weighted by Gasteiger charge is -2.24. The minimum absolute atomic E-state index is 0.00205. The molecule has 0 bridgehead atoms. The molecule has 1 fully saturated rings. The summed E-state index contributed by atoms with van der Waals surface area (Å²) in [7, 11) is 0. The lowest BCUT2D eigenvalue weighted by molar-refractivity contribution is -0.132. The quantitative estimate of drug-likeness (QED) is 0.111. The molecular formula is C31H30N2O9S. The number of aromatic nitrogens is 1. The summed E-state index contributed by atoms with van der Waals surface area (Å²) in [6.45, 7) is 10.3. The van der Waals surface area contributed by atoms with Crippen LogP contribution in [0.4, 0.5) is 5.13 Å². The van der Waals surface area contributed by atoms with Gasteiger partial charge in [0, 0.05) is 5.56 Å². The van der Waals surface area contributed by atoms with E-state index >= 15 is 0 Å². The molecule has 2 aromatic carbocycles. The Bertz CT molecular complexity index is 1630. The van der Waals surface area contributed by atoms with Gasteiger partial charge in [0.25, 0.3) is 5.78 Å². The highest BCUT2D eigenvalue weighted by molar-refractivity contribution is 7.17. The number of Topliss-reactive ketones (excluding diaryl/α,β-unsaturated/α-hetero) is 1. The number of hydrogen-bond acceptors (Lipinski definition) is 11. The van der Waals surface area contributed by atoms with Gasteiger partial charge in [-0.25, -0.2) is 9.78 Å². The lowest BCUT2D eigenvalue weighted by atomic mass is 9.95. The van der Waals surface area contributed by atoms with Crippen molar-refractivity contribution in [3.05, 3.63) is 76.3 Å². The SMILES string of the molecule is C=CCOC(=O)c1sc(N2C(=O)C(=O)C(=C(O)c3ccc4c(c3)OCCO4)C2c2ccc(OCC)c(OCC)c2)nc1C. The van der Waals surface area contributed by atoms with Gasteiger partial charge in [-0.15, -0.1) is 0 Å². The molecule has 3 aromatic rings. The van der Waals surface area contributed by atoms with Crippen molar-refractivity contribution >= 4 is 39.9 Å². The highest BCUT2D eigenvalue weighted by Crippen LogP contribution is 2.46. The summed E-state index contributed by atoms with van der Waals surface area (Å²) in [5, 5.41) is 11.7. The molecule has 11 nitrogen and oxygen atoms in total. The Hall–Kier alpha value is -4.84. The molecule has 0 radical (unpaired) electrons. The molecular weight excluding hydrogens is 576 g/mol. The van der Waals surface area contributed by atoms with Crippen LogP contribution in [0.2, 0.25) is 0 Å². The van der Waals surface area contributed by atoms with Crippen molar-refractivity contribution in [2.75, 3.05) is 37.9 Å². The molecule has 1 amide bonds. The number of carbonyl (C=O) groups is 3. The van der Waals surface area contributed by atoms with E-state index in [1.807, 2.05) is 13.8 Å². The number of benzene rings is 2. The number of anilines is 1. The molecule has 5 rings (SSSR count). The first kappa shape index (κ1) is 29.6. The molecule has 1 N–H and O–H groups in total. The Kier molecular flexibility index (Phi) is 8.67. The average molecular weight is 607 g/mol. The Labute approximate surface area is 251 Å². The predicted octanol–water partition coefficient (Wildman–Crippen LogP) is 4.99. The number of aryl methyl sites for hydroxylation is 1. The van der Waals surface area contributed by atoms with Gasteiger partial charge in [-0.1, -0.05) is 30.1 Å². The van der Waals surface area contributed by atoms with Crippen molar-refractivity contribution in [1.82, 2.24) is 4.98 Å². The predicted molar refractivity (Wildman–Crippen MR) is 158 cm³/mol. The first-order valence-corrected chi connectivity index (χ1v) is 14.5. The van der Waals surface area contributed by atoms with Crippen molar-refractivity contribution in [3.8, 4) is 23.0 Å². The van der Waals surface area contributed by atoms with Crippen LogP contribution in [0.25, 0.3) is 5.76 Å². The highest BCUT2D eigenvalue weighted by Gasteiger charge is 2.48. The molecule has 0 spiro atoms. The monoisotopic (exact) mass is 606 g/mol. The van der Waals surface area contributed by atoms with Crippen molar-refractivity contribution < 1.29 is 43.2 Å². The number of nitrogens with zero attached hydrogens (tertiary/aromatic N) is 2. The minimum atomic E-state index is -1.12. The number of amides is 1. The summed E-state index contributed by atoms with van der Waals surface area (Å²) in [4.78, 5) is 45.8. The second-order valence-electron chi connectivity index (χ2n) is 9.40. The molecule has 12 heteroatoms. The smallest absolute Gasteiger partial charge is 0.350 e. The van der Waals surface area contributed by atoms with Crippen LogP contribution in [0, 0.1) is 6.92 Å². The minimum Gasteiger partial charge on any atom is -0.507 e. The summed E-state index contributed by atoms with van der Waals surface area (Å²) in [6, 6.07) is 8.68. The van der Waals surface area contributed by atoms with Gasteiger partial charge in [-0.05, 0) is 56.7 Å². The van der Waals surface area contributed by atoms with Crippen LogP contribution in [0.5, 0.6) is 23.0 Å². The Balaban J connectivity index is 1.68. The number of aliphatic hydroxyl groups is 1. The van der Waals surface area contributed by atoms with Crippen LogP contribution >= 0.6 is 11.3 Å². The average Bonchev–Trinajstić information content (AvgIpc) is 3.52. The van der Waals surface area contributed by atoms with E-state index in [0.717, 1.165) is 11.3 Å². The molecule has 1 aromatic heterocycles. The standard InChI is InChI=1S/C31H30N2O9S/c1-5-12-42-30(37)28-17(4)32-31(43-28)33-25(18-8-10-20(38-6-2)22(15-18)39-7-3)24(27(35)29(33)36)26(34)19-9-11-21-23(16-19)41-14-13-40-21/h5,8-11,15-16,25,34H,1,6-7,12-14H2,2-4H3. The first-order valence-electron chi connectivity index (χ1n) is 13.6. The molecule has 0 saturated carbocycles. The third kappa shape index (κ3) is 5.65. The molecule has 3 heterocycles. The zero-order chi connectivity index (χ0) is 30.7. The number of fused-ring (bicyclic) bond motifs is 1. The van der Waals surface area contributed by atoms with Gasteiger partial charge in [0.2, 0.25) is 0 Å². The highest BCUT2D eigenvalue weighted by atomic mass is 32.1. The van der Waals surface area contributed by atoms with E-state index < -0.39 is 29.5 Å². The van der Waals surface area contributed by atoms with Gasteiger partial charge in [0.15, 0.2) is 28.1 Å². The zero-order valence-corrected chi connectivity index (χ0v) is 24.7. The molecule has 1 unspecified atom stereocenters. The first-order chi connectivity index (χ1) is 20.8. The fraction of sp³-hybridized carbons (Fsp3) is 0.290. The maximum atomic E-state index is 13.7. The number of esters is 1. The lowest BCUT2D eigenvalue weighted by Crippen LogP contribution is -2.29. The summed E-state index contributed by atoms with van der Waals surface area (Å²) in [5.74, 6) is -1.10.